The first kappa shape index (κ1) is 23.7. The molecule has 8 heteroatoms. The van der Waals surface area contributed by atoms with Crippen LogP contribution in [0.3, 0.4) is 0 Å². The number of aromatic nitrogens is 4. The molecule has 2 aromatic heterocycles. The molecule has 3 heterocycles. The van der Waals surface area contributed by atoms with Crippen LogP contribution in [0.4, 0.5) is 0 Å². The highest BCUT2D eigenvalue weighted by Crippen LogP contribution is 2.39. The molecule has 1 aliphatic heterocycles. The maximum absolute atomic E-state index is 11.0. The predicted molar refractivity (Wildman–Crippen MR) is 133 cm³/mol. The molecule has 186 valence electrons. The van der Waals surface area contributed by atoms with E-state index in [0.29, 0.717) is 17.6 Å². The molecule has 8 nitrogen and oxygen atoms in total. The van der Waals surface area contributed by atoms with Gasteiger partial charge in [0.2, 0.25) is 5.82 Å². The zero-order valence-electron chi connectivity index (χ0n) is 21.2. The molecule has 1 aromatic carbocycles. The van der Waals surface area contributed by atoms with Gasteiger partial charge in [0.15, 0.2) is 5.69 Å². The number of carbonyl (C=O) groups is 1. The van der Waals surface area contributed by atoms with Crippen molar-refractivity contribution >= 4 is 5.97 Å². The normalized spacial score (nSPS) is 18.5. The fourth-order valence-corrected chi connectivity index (χ4v) is 5.67. The van der Waals surface area contributed by atoms with Crippen molar-refractivity contribution in [3.05, 3.63) is 40.6 Å². The van der Waals surface area contributed by atoms with Crippen molar-refractivity contribution in [3.63, 3.8) is 0 Å². The Morgan fingerprint density at radius 2 is 2.03 bits per heavy atom. The zero-order chi connectivity index (χ0) is 24.7. The van der Waals surface area contributed by atoms with Crippen molar-refractivity contribution in [1.82, 2.24) is 24.8 Å². The Balaban J connectivity index is 1.35. The first-order chi connectivity index (χ1) is 16.7. The topological polar surface area (TPSA) is 97.3 Å². The van der Waals surface area contributed by atoms with Crippen LogP contribution >= 0.6 is 0 Å². The minimum absolute atomic E-state index is 0.127. The molecule has 1 saturated heterocycles. The molecule has 1 fully saturated rings. The Hall–Kier alpha value is -3.00. The van der Waals surface area contributed by atoms with Gasteiger partial charge in [0.1, 0.15) is 0 Å². The van der Waals surface area contributed by atoms with Gasteiger partial charge in [0.25, 0.3) is 5.89 Å². The smallest absolute Gasteiger partial charge is 0.317 e. The van der Waals surface area contributed by atoms with Gasteiger partial charge in [0.05, 0.1) is 6.54 Å². The standard InChI is InChI=1S/C27H35N5O3/c1-5-32-22-15-27(3,4)11-8-21(22)24(29-32)26-28-25(30-35-26)20-7-6-19(14-17(20)2)18-9-12-31(13-10-18)16-23(33)34/h6-7,14,18H,5,8-13,15-16H2,1-4H3,(H,33,34). The third-order valence-electron chi connectivity index (χ3n) is 7.70. The summed E-state index contributed by atoms with van der Waals surface area (Å²) in [6.45, 7) is 11.4. The average Bonchev–Trinajstić information content (AvgIpc) is 3.43. The summed E-state index contributed by atoms with van der Waals surface area (Å²) in [6, 6.07) is 6.47. The fourth-order valence-electron chi connectivity index (χ4n) is 5.67. The first-order valence-electron chi connectivity index (χ1n) is 12.7. The molecular weight excluding hydrogens is 442 g/mol. The number of aryl methyl sites for hydroxylation is 2. The van der Waals surface area contributed by atoms with Crippen LogP contribution in [0.5, 0.6) is 0 Å². The molecule has 0 amide bonds. The van der Waals surface area contributed by atoms with E-state index in [0.717, 1.165) is 68.6 Å². The van der Waals surface area contributed by atoms with Gasteiger partial charge in [-0.05, 0) is 81.5 Å². The van der Waals surface area contributed by atoms with Crippen LogP contribution in [0.1, 0.15) is 68.3 Å². The maximum atomic E-state index is 11.0. The van der Waals surface area contributed by atoms with E-state index in [1.54, 1.807) is 0 Å². The van der Waals surface area contributed by atoms with Gasteiger partial charge in [-0.15, -0.1) is 0 Å². The van der Waals surface area contributed by atoms with E-state index < -0.39 is 5.97 Å². The van der Waals surface area contributed by atoms with E-state index in [4.69, 9.17) is 19.7 Å². The summed E-state index contributed by atoms with van der Waals surface area (Å²) in [7, 11) is 0. The van der Waals surface area contributed by atoms with Crippen LogP contribution in [0.15, 0.2) is 22.7 Å². The Morgan fingerprint density at radius 3 is 2.71 bits per heavy atom. The molecule has 0 atom stereocenters. The number of hydrogen-bond donors (Lipinski definition) is 1. The van der Waals surface area contributed by atoms with E-state index in [1.807, 2.05) is 4.90 Å². The molecule has 0 spiro atoms. The minimum Gasteiger partial charge on any atom is -0.480 e. The van der Waals surface area contributed by atoms with Crippen LogP contribution < -0.4 is 0 Å². The number of nitrogens with zero attached hydrogens (tertiary/aromatic N) is 5. The summed E-state index contributed by atoms with van der Waals surface area (Å²) < 4.78 is 7.83. The van der Waals surface area contributed by atoms with Crippen molar-refractivity contribution in [2.45, 2.75) is 72.3 Å². The highest BCUT2D eigenvalue weighted by atomic mass is 16.5. The van der Waals surface area contributed by atoms with Gasteiger partial charge >= 0.3 is 5.97 Å². The fraction of sp³-hybridized carbons (Fsp3) is 0.556. The number of carboxylic acids is 1. The van der Waals surface area contributed by atoms with Crippen molar-refractivity contribution < 1.29 is 14.4 Å². The van der Waals surface area contributed by atoms with Gasteiger partial charge in [0, 0.05) is 23.4 Å². The van der Waals surface area contributed by atoms with Gasteiger partial charge < -0.3 is 9.63 Å². The van der Waals surface area contributed by atoms with Crippen LogP contribution in [0.2, 0.25) is 0 Å². The van der Waals surface area contributed by atoms with Crippen molar-refractivity contribution in [2.75, 3.05) is 19.6 Å². The van der Waals surface area contributed by atoms with E-state index in [1.165, 1.54) is 16.8 Å². The molecule has 0 bridgehead atoms. The average molecular weight is 478 g/mol. The van der Waals surface area contributed by atoms with Gasteiger partial charge in [-0.2, -0.15) is 10.1 Å². The lowest BCUT2D eigenvalue weighted by atomic mass is 9.76. The summed E-state index contributed by atoms with van der Waals surface area (Å²) in [4.78, 5) is 17.8. The number of hydrogen-bond acceptors (Lipinski definition) is 6. The van der Waals surface area contributed by atoms with Crippen LogP contribution in [-0.4, -0.2) is 55.5 Å². The zero-order valence-corrected chi connectivity index (χ0v) is 21.2. The molecule has 1 N–H and O–H groups in total. The lowest BCUT2D eigenvalue weighted by molar-refractivity contribution is -0.138. The molecular formula is C27H35N5O3. The highest BCUT2D eigenvalue weighted by molar-refractivity contribution is 5.69. The van der Waals surface area contributed by atoms with Crippen molar-refractivity contribution in [1.29, 1.82) is 0 Å². The van der Waals surface area contributed by atoms with E-state index in [-0.39, 0.29) is 12.0 Å². The van der Waals surface area contributed by atoms with Crippen LogP contribution in [-0.2, 0) is 24.2 Å². The second kappa shape index (κ2) is 9.22. The summed E-state index contributed by atoms with van der Waals surface area (Å²) in [5.41, 5.74) is 7.05. The van der Waals surface area contributed by atoms with Gasteiger partial charge in [-0.1, -0.05) is 37.2 Å². The molecule has 5 rings (SSSR count). The highest BCUT2D eigenvalue weighted by Gasteiger charge is 2.32. The molecule has 2 aliphatic rings. The molecule has 35 heavy (non-hydrogen) atoms. The molecule has 1 aliphatic carbocycles. The second-order valence-electron chi connectivity index (χ2n) is 10.9. The molecule has 3 aromatic rings. The Bertz CT molecular complexity index is 1230. The quantitative estimate of drug-likeness (QED) is 0.549. The predicted octanol–water partition coefficient (Wildman–Crippen LogP) is 4.71. The maximum Gasteiger partial charge on any atom is 0.317 e. The molecule has 0 saturated carbocycles. The largest absolute Gasteiger partial charge is 0.480 e. The Kier molecular flexibility index (Phi) is 6.25. The third-order valence-corrected chi connectivity index (χ3v) is 7.70. The number of carboxylic acid groups (broad SMARTS) is 1. The summed E-state index contributed by atoms with van der Waals surface area (Å²) in [6.07, 6.45) is 5.06. The number of rotatable bonds is 6. The SMILES string of the molecule is CCn1nc(-c2nc(-c3ccc(C4CCN(CC(=O)O)CC4)cc3C)no2)c2c1CC(C)(C)CC2. The number of likely N-dealkylation sites (tertiary alicyclic amines) is 1. The van der Waals surface area contributed by atoms with E-state index in [9.17, 15) is 4.79 Å². The summed E-state index contributed by atoms with van der Waals surface area (Å²) in [5.74, 6) is 0.782. The minimum atomic E-state index is -0.756. The van der Waals surface area contributed by atoms with Gasteiger partial charge in [-0.3, -0.25) is 14.4 Å². The van der Waals surface area contributed by atoms with Gasteiger partial charge in [-0.25, -0.2) is 0 Å². The summed E-state index contributed by atoms with van der Waals surface area (Å²) >= 11 is 0. The lowest BCUT2D eigenvalue weighted by Gasteiger charge is -2.31. The monoisotopic (exact) mass is 477 g/mol. The first-order valence-corrected chi connectivity index (χ1v) is 12.7. The van der Waals surface area contributed by atoms with Crippen molar-refractivity contribution in [2.24, 2.45) is 5.41 Å². The van der Waals surface area contributed by atoms with Crippen LogP contribution in [0, 0.1) is 12.3 Å². The molecule has 0 unspecified atom stereocenters. The van der Waals surface area contributed by atoms with Crippen molar-refractivity contribution in [3.8, 4) is 23.0 Å². The third kappa shape index (κ3) is 4.76. The van der Waals surface area contributed by atoms with E-state index in [2.05, 4.69) is 55.7 Å². The molecule has 0 radical (unpaired) electrons. The second-order valence-corrected chi connectivity index (χ2v) is 10.9. The lowest BCUT2D eigenvalue weighted by Crippen LogP contribution is -2.36. The Labute approximate surface area is 206 Å². The number of benzene rings is 1. The number of aliphatic carboxylic acids is 1. The number of piperidine rings is 1. The number of fused-ring (bicyclic) bond motifs is 1. The summed E-state index contributed by atoms with van der Waals surface area (Å²) in [5, 5.41) is 18.2. The van der Waals surface area contributed by atoms with Crippen LogP contribution in [0.25, 0.3) is 23.0 Å². The van der Waals surface area contributed by atoms with E-state index >= 15 is 0 Å². The Morgan fingerprint density at radius 1 is 1.26 bits per heavy atom.